The first kappa shape index (κ1) is 24.6. The summed E-state index contributed by atoms with van der Waals surface area (Å²) in [6.45, 7) is 8.16. The van der Waals surface area contributed by atoms with Crippen LogP contribution < -0.4 is 10.1 Å². The molecule has 0 unspecified atom stereocenters. The van der Waals surface area contributed by atoms with Crippen LogP contribution in [0.3, 0.4) is 0 Å². The normalized spacial score (nSPS) is 17.4. The maximum absolute atomic E-state index is 12.9. The molecule has 2 aromatic rings. The van der Waals surface area contributed by atoms with Gasteiger partial charge < -0.3 is 29.3 Å². The van der Waals surface area contributed by atoms with E-state index in [2.05, 4.69) is 10.3 Å². The van der Waals surface area contributed by atoms with Gasteiger partial charge in [0, 0.05) is 32.6 Å². The van der Waals surface area contributed by atoms with Crippen LogP contribution in [-0.4, -0.2) is 71.4 Å². The maximum atomic E-state index is 12.9. The highest BCUT2D eigenvalue weighted by Crippen LogP contribution is 2.25. The fourth-order valence-corrected chi connectivity index (χ4v) is 4.16. The lowest BCUT2D eigenvalue weighted by molar-refractivity contribution is -0.00387. The molecular weight excluding hydrogens is 448 g/mol. The van der Waals surface area contributed by atoms with Gasteiger partial charge in [-0.25, -0.2) is 14.6 Å². The van der Waals surface area contributed by atoms with E-state index in [1.807, 2.05) is 63.2 Å². The second-order valence-corrected chi connectivity index (χ2v) is 9.77. The zero-order chi connectivity index (χ0) is 24.8. The monoisotopic (exact) mass is 482 g/mol. The lowest BCUT2D eigenvalue weighted by Gasteiger charge is -2.41. The van der Waals surface area contributed by atoms with Crippen molar-refractivity contribution in [1.82, 2.24) is 14.8 Å². The Morgan fingerprint density at radius 3 is 2.69 bits per heavy atom. The number of nitrogens with one attached hydrogen (secondary N) is 1. The molecule has 9 nitrogen and oxygen atoms in total. The van der Waals surface area contributed by atoms with Gasteiger partial charge in [-0.2, -0.15) is 0 Å². The Bertz CT molecular complexity index is 1020. The summed E-state index contributed by atoms with van der Waals surface area (Å²) in [4.78, 5) is 33.6. The van der Waals surface area contributed by atoms with Crippen molar-refractivity contribution in [2.45, 2.75) is 51.9 Å². The van der Waals surface area contributed by atoms with Crippen LogP contribution in [0.15, 0.2) is 42.5 Å². The van der Waals surface area contributed by atoms with Gasteiger partial charge in [-0.3, -0.25) is 0 Å². The Morgan fingerprint density at radius 1 is 1.11 bits per heavy atom. The number of carbonyl (C=O) groups is 2. The summed E-state index contributed by atoms with van der Waals surface area (Å²) in [5.74, 6) is 1.61. The number of hydrogen-bond donors (Lipinski definition) is 1. The molecule has 2 aliphatic rings. The molecule has 0 saturated carbocycles. The Balaban J connectivity index is 1.36. The van der Waals surface area contributed by atoms with Crippen molar-refractivity contribution in [3.05, 3.63) is 53.7 Å². The van der Waals surface area contributed by atoms with Crippen molar-refractivity contribution in [3.8, 4) is 5.75 Å². The third-order valence-electron chi connectivity index (χ3n) is 5.89. The maximum Gasteiger partial charge on any atom is 0.410 e. The molecule has 0 bridgehead atoms. The highest BCUT2D eigenvalue weighted by Gasteiger charge is 2.35. The zero-order valence-electron chi connectivity index (χ0n) is 20.7. The lowest BCUT2D eigenvalue weighted by atomic mass is 10.1. The van der Waals surface area contributed by atoms with E-state index >= 15 is 0 Å². The molecule has 1 saturated heterocycles. The van der Waals surface area contributed by atoms with E-state index in [1.165, 1.54) is 0 Å². The first-order valence-electron chi connectivity index (χ1n) is 12.1. The Hall–Kier alpha value is -3.49. The number of rotatable bonds is 6. The van der Waals surface area contributed by atoms with Crippen molar-refractivity contribution in [2.24, 2.45) is 0 Å². The van der Waals surface area contributed by atoms with Crippen molar-refractivity contribution >= 4 is 18.0 Å². The molecule has 1 aromatic carbocycles. The molecule has 0 aliphatic carbocycles. The Labute approximate surface area is 206 Å². The summed E-state index contributed by atoms with van der Waals surface area (Å²) >= 11 is 0. The quantitative estimate of drug-likeness (QED) is 0.663. The number of benzene rings is 1. The fourth-order valence-electron chi connectivity index (χ4n) is 4.16. The van der Waals surface area contributed by atoms with E-state index in [4.69, 9.17) is 14.2 Å². The van der Waals surface area contributed by atoms with E-state index in [0.29, 0.717) is 39.2 Å². The minimum Gasteiger partial charge on any atom is -0.491 e. The van der Waals surface area contributed by atoms with E-state index in [0.717, 1.165) is 29.2 Å². The third-order valence-corrected chi connectivity index (χ3v) is 5.89. The second kappa shape index (κ2) is 10.8. The lowest BCUT2D eigenvalue weighted by Crippen LogP contribution is -2.57. The molecule has 35 heavy (non-hydrogen) atoms. The van der Waals surface area contributed by atoms with Gasteiger partial charge in [0.1, 0.15) is 23.8 Å². The van der Waals surface area contributed by atoms with Crippen molar-refractivity contribution < 1.29 is 23.8 Å². The fraction of sp³-hybridized carbons (Fsp3) is 0.500. The van der Waals surface area contributed by atoms with Crippen LogP contribution in [0.2, 0.25) is 0 Å². The van der Waals surface area contributed by atoms with E-state index < -0.39 is 5.60 Å². The van der Waals surface area contributed by atoms with Crippen LogP contribution in [0.4, 0.5) is 15.4 Å². The predicted octanol–water partition coefficient (Wildman–Crippen LogP) is 4.08. The number of piperazine rings is 1. The number of hydrogen-bond acceptors (Lipinski definition) is 7. The number of aromatic nitrogens is 1. The average molecular weight is 483 g/mol. The number of nitrogens with zero attached hydrogens (tertiary/aromatic N) is 3. The molecule has 0 spiro atoms. The highest BCUT2D eigenvalue weighted by molar-refractivity contribution is 5.71. The van der Waals surface area contributed by atoms with Crippen LogP contribution in [-0.2, 0) is 22.5 Å². The molecule has 1 aromatic heterocycles. The average Bonchev–Trinajstić information content (AvgIpc) is 3.30. The van der Waals surface area contributed by atoms with Crippen molar-refractivity contribution in [1.29, 1.82) is 0 Å². The SMILES string of the molecule is CC(C)(C)OC(=O)N1CCN(C(=O)OCc2ccccc2)C[C@H]1CCNc1ccc2c(n1)CCO2. The minimum atomic E-state index is -0.595. The molecule has 0 radical (unpaired) electrons. The number of amides is 2. The van der Waals surface area contributed by atoms with Gasteiger partial charge in [-0.05, 0) is 44.9 Å². The van der Waals surface area contributed by atoms with Crippen LogP contribution in [0.25, 0.3) is 0 Å². The van der Waals surface area contributed by atoms with Crippen LogP contribution >= 0.6 is 0 Å². The number of ether oxygens (including phenoxy) is 3. The summed E-state index contributed by atoms with van der Waals surface area (Å²) in [7, 11) is 0. The largest absolute Gasteiger partial charge is 0.491 e. The molecule has 3 heterocycles. The molecule has 4 rings (SSSR count). The van der Waals surface area contributed by atoms with Crippen LogP contribution in [0, 0.1) is 0 Å². The van der Waals surface area contributed by atoms with Crippen molar-refractivity contribution in [3.63, 3.8) is 0 Å². The van der Waals surface area contributed by atoms with Crippen molar-refractivity contribution in [2.75, 3.05) is 38.1 Å². The summed E-state index contributed by atoms with van der Waals surface area (Å²) in [5, 5.41) is 3.34. The number of carbonyl (C=O) groups excluding carboxylic acids is 2. The van der Waals surface area contributed by atoms with Gasteiger partial charge in [-0.15, -0.1) is 0 Å². The summed E-state index contributed by atoms with van der Waals surface area (Å²) < 4.78 is 16.7. The summed E-state index contributed by atoms with van der Waals surface area (Å²) in [6, 6.07) is 13.2. The second-order valence-electron chi connectivity index (χ2n) is 9.77. The predicted molar refractivity (Wildman–Crippen MR) is 131 cm³/mol. The topological polar surface area (TPSA) is 93.2 Å². The van der Waals surface area contributed by atoms with E-state index in [9.17, 15) is 9.59 Å². The van der Waals surface area contributed by atoms with Gasteiger partial charge in [0.15, 0.2) is 0 Å². The number of pyridine rings is 1. The van der Waals surface area contributed by atoms with E-state index in [-0.39, 0.29) is 24.8 Å². The first-order valence-corrected chi connectivity index (χ1v) is 12.1. The molecular formula is C26H34N4O5. The summed E-state index contributed by atoms with van der Waals surface area (Å²) in [5.41, 5.74) is 1.29. The molecule has 9 heteroatoms. The van der Waals surface area contributed by atoms with Gasteiger partial charge >= 0.3 is 12.2 Å². The smallest absolute Gasteiger partial charge is 0.410 e. The van der Waals surface area contributed by atoms with Gasteiger partial charge in [-0.1, -0.05) is 30.3 Å². The van der Waals surface area contributed by atoms with Gasteiger partial charge in [0.05, 0.1) is 18.3 Å². The Kier molecular flexibility index (Phi) is 7.63. The first-order chi connectivity index (χ1) is 16.8. The Morgan fingerprint density at radius 2 is 1.91 bits per heavy atom. The van der Waals surface area contributed by atoms with Gasteiger partial charge in [0.25, 0.3) is 0 Å². The minimum absolute atomic E-state index is 0.214. The summed E-state index contributed by atoms with van der Waals surface area (Å²) in [6.07, 6.45) is 0.681. The molecule has 2 amide bonds. The zero-order valence-corrected chi connectivity index (χ0v) is 20.7. The van der Waals surface area contributed by atoms with Gasteiger partial charge in [0.2, 0.25) is 0 Å². The molecule has 1 fully saturated rings. The highest BCUT2D eigenvalue weighted by atomic mass is 16.6. The number of anilines is 1. The molecule has 1 atom stereocenters. The molecule has 2 aliphatic heterocycles. The number of fused-ring (bicyclic) bond motifs is 1. The molecule has 188 valence electrons. The molecule has 1 N–H and O–H groups in total. The van der Waals surface area contributed by atoms with E-state index in [1.54, 1.807) is 9.80 Å². The van der Waals surface area contributed by atoms with Crippen LogP contribution in [0.1, 0.15) is 38.4 Å². The standard InChI is InChI=1S/C26H34N4O5/c1-26(2,3)35-25(32)30-15-14-29(24(31)34-18-19-7-5-4-6-8-19)17-20(30)11-13-27-23-10-9-22-21(28-23)12-16-33-22/h4-10,20H,11-18H2,1-3H3,(H,27,28)/t20-/m1/s1. The van der Waals surface area contributed by atoms with Crippen LogP contribution in [0.5, 0.6) is 5.75 Å². The third kappa shape index (κ3) is 6.77.